The van der Waals surface area contributed by atoms with E-state index in [1.807, 2.05) is 18.2 Å². The van der Waals surface area contributed by atoms with Gasteiger partial charge in [0, 0.05) is 11.1 Å². The Morgan fingerprint density at radius 3 is 2.83 bits per heavy atom. The van der Waals surface area contributed by atoms with Crippen molar-refractivity contribution in [2.75, 3.05) is 5.73 Å². The fourth-order valence-electron chi connectivity index (χ4n) is 1.08. The van der Waals surface area contributed by atoms with Crippen molar-refractivity contribution in [1.29, 1.82) is 0 Å². The predicted molar refractivity (Wildman–Crippen MR) is 64.0 cm³/mol. The molecule has 1 nitrogen and oxygen atoms in total. The van der Waals surface area contributed by atoms with Gasteiger partial charge in [-0.1, -0.05) is 23.7 Å². The predicted octanol–water partition coefficient (Wildman–Crippen LogP) is 3.74. The Bertz CT molecular complexity index is 438. The molecule has 0 aliphatic carbocycles. The number of nitrogens with two attached hydrogens (primary N) is 1. The van der Waals surface area contributed by atoms with Gasteiger partial charge in [-0.15, -0.1) is 11.3 Å². The molecular formula is C8H5ClINS. The molecule has 0 atom stereocenters. The van der Waals surface area contributed by atoms with Gasteiger partial charge in [-0.05, 0) is 28.7 Å². The summed E-state index contributed by atoms with van der Waals surface area (Å²) in [7, 11) is 0. The van der Waals surface area contributed by atoms with Crippen LogP contribution in [0.2, 0.25) is 4.34 Å². The standard InChI is InChI=1S/C8H5ClINS/c9-8-6(10)4-2-1-3-5(11)7(4)12-8/h1-3H,11H2. The second-order valence-electron chi connectivity index (χ2n) is 2.41. The van der Waals surface area contributed by atoms with Gasteiger partial charge in [-0.2, -0.15) is 0 Å². The van der Waals surface area contributed by atoms with E-state index in [-0.39, 0.29) is 0 Å². The molecule has 2 aromatic rings. The second-order valence-corrected chi connectivity index (χ2v) is 5.12. The van der Waals surface area contributed by atoms with Crippen molar-refractivity contribution >= 4 is 61.3 Å². The maximum atomic E-state index is 5.98. The van der Waals surface area contributed by atoms with Crippen molar-refractivity contribution in [1.82, 2.24) is 0 Å². The Balaban J connectivity index is 2.95. The van der Waals surface area contributed by atoms with Crippen LogP contribution in [0.15, 0.2) is 18.2 Å². The van der Waals surface area contributed by atoms with Crippen LogP contribution in [0.3, 0.4) is 0 Å². The minimum Gasteiger partial charge on any atom is -0.398 e. The molecular weight excluding hydrogens is 305 g/mol. The van der Waals surface area contributed by atoms with Gasteiger partial charge in [0.05, 0.1) is 8.27 Å². The van der Waals surface area contributed by atoms with Crippen molar-refractivity contribution in [3.05, 3.63) is 26.1 Å². The highest BCUT2D eigenvalue weighted by atomic mass is 127. The number of nitrogen functional groups attached to an aromatic ring is 1. The van der Waals surface area contributed by atoms with E-state index in [0.29, 0.717) is 0 Å². The van der Waals surface area contributed by atoms with Gasteiger partial charge in [-0.3, -0.25) is 0 Å². The largest absolute Gasteiger partial charge is 0.398 e. The van der Waals surface area contributed by atoms with Crippen molar-refractivity contribution in [3.8, 4) is 0 Å². The van der Waals surface area contributed by atoms with Crippen LogP contribution in [0.5, 0.6) is 0 Å². The fraction of sp³-hybridized carbons (Fsp3) is 0. The van der Waals surface area contributed by atoms with Gasteiger partial charge in [0.2, 0.25) is 0 Å². The first kappa shape index (κ1) is 8.59. The summed E-state index contributed by atoms with van der Waals surface area (Å²) in [6.45, 7) is 0. The van der Waals surface area contributed by atoms with E-state index >= 15 is 0 Å². The quantitative estimate of drug-likeness (QED) is 0.582. The number of halogens is 2. The molecule has 1 aromatic heterocycles. The lowest BCUT2D eigenvalue weighted by Crippen LogP contribution is -1.82. The molecule has 0 bridgehead atoms. The van der Waals surface area contributed by atoms with E-state index in [1.54, 1.807) is 0 Å². The summed E-state index contributed by atoms with van der Waals surface area (Å²) in [6, 6.07) is 5.88. The molecule has 0 saturated heterocycles. The van der Waals surface area contributed by atoms with Crippen LogP contribution >= 0.6 is 45.5 Å². The highest BCUT2D eigenvalue weighted by molar-refractivity contribution is 14.1. The Morgan fingerprint density at radius 2 is 2.17 bits per heavy atom. The number of hydrogen-bond acceptors (Lipinski definition) is 2. The van der Waals surface area contributed by atoms with Crippen LogP contribution in [-0.2, 0) is 0 Å². The van der Waals surface area contributed by atoms with Gasteiger partial charge >= 0.3 is 0 Å². The van der Waals surface area contributed by atoms with Crippen LogP contribution in [0.25, 0.3) is 10.1 Å². The molecule has 62 valence electrons. The minimum absolute atomic E-state index is 0.808. The molecule has 2 rings (SSSR count). The lowest BCUT2D eigenvalue weighted by molar-refractivity contribution is 1.79. The van der Waals surface area contributed by atoms with E-state index in [2.05, 4.69) is 22.6 Å². The van der Waals surface area contributed by atoms with Gasteiger partial charge in [0.25, 0.3) is 0 Å². The molecule has 0 saturated carbocycles. The summed E-state index contributed by atoms with van der Waals surface area (Å²) in [6.07, 6.45) is 0. The minimum atomic E-state index is 0.808. The normalized spacial score (nSPS) is 10.8. The summed E-state index contributed by atoms with van der Waals surface area (Å²) >= 11 is 9.76. The molecule has 0 aliphatic heterocycles. The average Bonchev–Trinajstić information content (AvgIpc) is 2.32. The molecule has 12 heavy (non-hydrogen) atoms. The van der Waals surface area contributed by atoms with Crippen molar-refractivity contribution in [2.24, 2.45) is 0 Å². The van der Waals surface area contributed by atoms with E-state index < -0.39 is 0 Å². The van der Waals surface area contributed by atoms with E-state index in [9.17, 15) is 0 Å². The third-order valence-electron chi connectivity index (χ3n) is 1.65. The van der Waals surface area contributed by atoms with Gasteiger partial charge in [0.1, 0.15) is 4.34 Å². The monoisotopic (exact) mass is 309 g/mol. The smallest absolute Gasteiger partial charge is 0.107 e. The number of anilines is 1. The van der Waals surface area contributed by atoms with Crippen molar-refractivity contribution < 1.29 is 0 Å². The average molecular weight is 310 g/mol. The van der Waals surface area contributed by atoms with Gasteiger partial charge in [0.15, 0.2) is 0 Å². The first-order chi connectivity index (χ1) is 5.70. The Kier molecular flexibility index (Phi) is 2.18. The molecule has 0 fully saturated rings. The summed E-state index contributed by atoms with van der Waals surface area (Å²) in [5, 5.41) is 1.16. The number of rotatable bonds is 0. The number of fused-ring (bicyclic) bond motifs is 1. The summed E-state index contributed by atoms with van der Waals surface area (Å²) < 4.78 is 3.01. The summed E-state index contributed by atoms with van der Waals surface area (Å²) in [5.74, 6) is 0. The molecule has 1 heterocycles. The van der Waals surface area contributed by atoms with Crippen molar-refractivity contribution in [2.45, 2.75) is 0 Å². The topological polar surface area (TPSA) is 26.0 Å². The molecule has 2 N–H and O–H groups in total. The molecule has 0 radical (unpaired) electrons. The van der Waals surface area contributed by atoms with Crippen LogP contribution < -0.4 is 5.73 Å². The zero-order valence-corrected chi connectivity index (χ0v) is 9.70. The Labute approximate surface area is 92.7 Å². The third-order valence-corrected chi connectivity index (χ3v) is 4.92. The Hall–Kier alpha value is -0.000000000000000139. The summed E-state index contributed by atoms with van der Waals surface area (Å²) in [4.78, 5) is 0. The highest BCUT2D eigenvalue weighted by Gasteiger charge is 2.08. The number of thiophene rings is 1. The number of hydrogen-bond donors (Lipinski definition) is 1. The second kappa shape index (κ2) is 3.05. The van der Waals surface area contributed by atoms with Crippen molar-refractivity contribution in [3.63, 3.8) is 0 Å². The van der Waals surface area contributed by atoms with E-state index in [0.717, 1.165) is 23.7 Å². The highest BCUT2D eigenvalue weighted by Crippen LogP contribution is 2.38. The molecule has 1 aromatic carbocycles. The molecule has 0 unspecified atom stereocenters. The van der Waals surface area contributed by atoms with Gasteiger partial charge in [-0.25, -0.2) is 0 Å². The Morgan fingerprint density at radius 1 is 1.42 bits per heavy atom. The fourth-order valence-corrected chi connectivity index (χ4v) is 3.22. The van der Waals surface area contributed by atoms with E-state index in [1.165, 1.54) is 11.3 Å². The van der Waals surface area contributed by atoms with Crippen LogP contribution in [-0.4, -0.2) is 0 Å². The lowest BCUT2D eigenvalue weighted by atomic mass is 10.2. The molecule has 0 spiro atoms. The molecule has 0 aliphatic rings. The zero-order valence-electron chi connectivity index (χ0n) is 5.97. The van der Waals surface area contributed by atoms with Crippen LogP contribution in [0.4, 0.5) is 5.69 Å². The molecule has 4 heteroatoms. The summed E-state index contributed by atoms with van der Waals surface area (Å²) in [5.41, 5.74) is 6.59. The zero-order chi connectivity index (χ0) is 8.72. The first-order valence-electron chi connectivity index (χ1n) is 3.32. The van der Waals surface area contributed by atoms with E-state index in [4.69, 9.17) is 17.3 Å². The van der Waals surface area contributed by atoms with Crippen LogP contribution in [0.1, 0.15) is 0 Å². The van der Waals surface area contributed by atoms with Crippen LogP contribution in [0, 0.1) is 3.57 Å². The SMILES string of the molecule is Nc1cccc2c(I)c(Cl)sc12. The maximum Gasteiger partial charge on any atom is 0.107 e. The first-order valence-corrected chi connectivity index (χ1v) is 5.59. The lowest BCUT2D eigenvalue weighted by Gasteiger charge is -1.93. The molecule has 0 amide bonds. The number of benzene rings is 1. The van der Waals surface area contributed by atoms with Gasteiger partial charge < -0.3 is 5.73 Å². The maximum absolute atomic E-state index is 5.98. The third kappa shape index (κ3) is 1.20.